The van der Waals surface area contributed by atoms with Crippen LogP contribution in [0.4, 0.5) is 5.69 Å². The zero-order valence-corrected chi connectivity index (χ0v) is 14.4. The Balaban J connectivity index is 1.79. The number of anilines is 1. The number of hydrogen-bond acceptors (Lipinski definition) is 4. The normalized spacial score (nSPS) is 15.1. The van der Waals surface area contributed by atoms with Crippen LogP contribution in [0.2, 0.25) is 0 Å². The summed E-state index contributed by atoms with van der Waals surface area (Å²) in [5, 5.41) is 8.23. The number of nitrogens with zero attached hydrogens (tertiary/aromatic N) is 2. The van der Waals surface area contributed by atoms with Gasteiger partial charge in [0.2, 0.25) is 0 Å². The van der Waals surface area contributed by atoms with Gasteiger partial charge >= 0.3 is 5.97 Å². The molecule has 0 bridgehead atoms. The highest BCUT2D eigenvalue weighted by atomic mass is 16.5. The van der Waals surface area contributed by atoms with Gasteiger partial charge < -0.3 is 10.1 Å². The van der Waals surface area contributed by atoms with Crippen molar-refractivity contribution in [3.8, 4) is 11.3 Å². The number of esters is 1. The molecule has 3 aromatic rings. The van der Waals surface area contributed by atoms with Crippen molar-refractivity contribution < 1.29 is 9.53 Å². The molecule has 0 saturated heterocycles. The third kappa shape index (κ3) is 2.58. The van der Waals surface area contributed by atoms with Crippen LogP contribution in [-0.4, -0.2) is 22.9 Å². The largest absolute Gasteiger partial charge is 0.465 e. The van der Waals surface area contributed by atoms with Crippen LogP contribution in [0.3, 0.4) is 0 Å². The van der Waals surface area contributed by atoms with Crippen molar-refractivity contribution >= 4 is 11.7 Å². The molecule has 2 heterocycles. The number of carbonyl (C=O) groups is 1. The molecule has 5 heteroatoms. The van der Waals surface area contributed by atoms with Crippen LogP contribution in [0.25, 0.3) is 11.3 Å². The first kappa shape index (κ1) is 15.4. The van der Waals surface area contributed by atoms with E-state index in [0.717, 1.165) is 28.2 Å². The van der Waals surface area contributed by atoms with E-state index in [-0.39, 0.29) is 12.1 Å². The molecule has 1 atom stereocenters. The minimum atomic E-state index is -0.334. The molecule has 0 amide bonds. The molecule has 0 radical (unpaired) electrons. The topological polar surface area (TPSA) is 56.1 Å². The number of fused-ring (bicyclic) bond motifs is 3. The Hall–Kier alpha value is -3.08. The van der Waals surface area contributed by atoms with Gasteiger partial charge in [-0.1, -0.05) is 23.8 Å². The monoisotopic (exact) mass is 333 g/mol. The minimum Gasteiger partial charge on any atom is -0.465 e. The van der Waals surface area contributed by atoms with Gasteiger partial charge in [-0.05, 0) is 49.7 Å². The molecule has 0 spiro atoms. The molecule has 1 aliphatic rings. The fourth-order valence-corrected chi connectivity index (χ4v) is 3.26. The lowest BCUT2D eigenvalue weighted by atomic mass is 10.0. The van der Waals surface area contributed by atoms with Gasteiger partial charge in [0.1, 0.15) is 6.17 Å². The summed E-state index contributed by atoms with van der Waals surface area (Å²) in [4.78, 5) is 11.6. The van der Waals surface area contributed by atoms with E-state index in [1.165, 1.54) is 12.7 Å². The Bertz CT molecular complexity index is 958. The lowest BCUT2D eigenvalue weighted by Gasteiger charge is -2.29. The number of rotatable bonds is 2. The second-order valence-corrected chi connectivity index (χ2v) is 6.33. The van der Waals surface area contributed by atoms with Gasteiger partial charge in [0.25, 0.3) is 0 Å². The summed E-state index contributed by atoms with van der Waals surface area (Å²) in [6.45, 7) is 4.09. The highest BCUT2D eigenvalue weighted by Gasteiger charge is 2.26. The summed E-state index contributed by atoms with van der Waals surface area (Å²) in [6, 6.07) is 15.9. The maximum atomic E-state index is 11.6. The quantitative estimate of drug-likeness (QED) is 0.722. The first-order valence-corrected chi connectivity index (χ1v) is 8.19. The highest BCUT2D eigenvalue weighted by molar-refractivity contribution is 5.89. The van der Waals surface area contributed by atoms with E-state index in [0.29, 0.717) is 5.56 Å². The zero-order valence-electron chi connectivity index (χ0n) is 14.4. The fraction of sp³-hybridized carbons (Fsp3) is 0.200. The number of methoxy groups -OCH3 is 1. The van der Waals surface area contributed by atoms with Crippen LogP contribution < -0.4 is 5.32 Å². The predicted molar refractivity (Wildman–Crippen MR) is 96.7 cm³/mol. The number of ether oxygens (including phenoxy) is 1. The van der Waals surface area contributed by atoms with Gasteiger partial charge in [0, 0.05) is 11.3 Å². The number of nitrogens with one attached hydrogen (secondary N) is 1. The minimum absolute atomic E-state index is 0.120. The van der Waals surface area contributed by atoms with E-state index in [1.807, 2.05) is 23.7 Å². The van der Waals surface area contributed by atoms with E-state index in [1.54, 1.807) is 12.1 Å². The Labute approximate surface area is 146 Å². The van der Waals surface area contributed by atoms with Crippen molar-refractivity contribution in [2.45, 2.75) is 20.0 Å². The summed E-state index contributed by atoms with van der Waals surface area (Å²) in [5.74, 6) is -0.334. The van der Waals surface area contributed by atoms with Crippen LogP contribution in [0.1, 0.15) is 33.3 Å². The smallest absolute Gasteiger partial charge is 0.337 e. The third-order valence-electron chi connectivity index (χ3n) is 4.49. The molecule has 0 fully saturated rings. The standard InChI is InChI=1S/C20H19N3O2/c1-12-4-9-17-16(10-12)18-11-13(2)22-23(18)19(21-17)14-5-7-15(8-6-14)20(24)25-3/h4-11,19,21H,1-3H3/t19-/m1/s1. The summed E-state index contributed by atoms with van der Waals surface area (Å²) < 4.78 is 6.77. The van der Waals surface area contributed by atoms with Gasteiger partial charge in [-0.2, -0.15) is 5.10 Å². The molecular weight excluding hydrogens is 314 g/mol. The molecule has 126 valence electrons. The van der Waals surface area contributed by atoms with Crippen LogP contribution in [0.5, 0.6) is 0 Å². The van der Waals surface area contributed by atoms with E-state index in [9.17, 15) is 4.79 Å². The Morgan fingerprint density at radius 1 is 1.12 bits per heavy atom. The molecule has 1 aromatic heterocycles. The highest BCUT2D eigenvalue weighted by Crippen LogP contribution is 2.39. The molecule has 0 saturated carbocycles. The molecule has 0 unspecified atom stereocenters. The van der Waals surface area contributed by atoms with E-state index in [4.69, 9.17) is 4.74 Å². The summed E-state index contributed by atoms with van der Waals surface area (Å²) >= 11 is 0. The van der Waals surface area contributed by atoms with Crippen molar-refractivity contribution in [3.05, 3.63) is 70.9 Å². The first-order valence-electron chi connectivity index (χ1n) is 8.19. The summed E-state index contributed by atoms with van der Waals surface area (Å²) in [7, 11) is 1.39. The first-order chi connectivity index (χ1) is 12.1. The number of aromatic nitrogens is 2. The van der Waals surface area contributed by atoms with Gasteiger partial charge in [-0.25, -0.2) is 9.48 Å². The number of benzene rings is 2. The van der Waals surface area contributed by atoms with E-state index >= 15 is 0 Å². The predicted octanol–water partition coefficient (Wildman–Crippen LogP) is 3.93. The van der Waals surface area contributed by atoms with Crippen LogP contribution in [-0.2, 0) is 4.74 Å². The van der Waals surface area contributed by atoms with Gasteiger partial charge in [-0.15, -0.1) is 0 Å². The van der Waals surface area contributed by atoms with Crippen molar-refractivity contribution in [1.29, 1.82) is 0 Å². The van der Waals surface area contributed by atoms with Gasteiger partial charge in [-0.3, -0.25) is 0 Å². The lowest BCUT2D eigenvalue weighted by Crippen LogP contribution is -2.25. The fourth-order valence-electron chi connectivity index (χ4n) is 3.26. The van der Waals surface area contributed by atoms with Crippen molar-refractivity contribution in [2.75, 3.05) is 12.4 Å². The maximum absolute atomic E-state index is 11.6. The molecule has 2 aromatic carbocycles. The van der Waals surface area contributed by atoms with E-state index in [2.05, 4.69) is 41.6 Å². The number of hydrogen-bond donors (Lipinski definition) is 1. The molecule has 4 rings (SSSR count). The second-order valence-electron chi connectivity index (χ2n) is 6.33. The molecule has 1 aliphatic heterocycles. The summed E-state index contributed by atoms with van der Waals surface area (Å²) in [6.07, 6.45) is -0.120. The number of carbonyl (C=O) groups excluding carboxylic acids is 1. The van der Waals surface area contributed by atoms with Crippen LogP contribution in [0, 0.1) is 13.8 Å². The zero-order chi connectivity index (χ0) is 17.6. The second kappa shape index (κ2) is 5.77. The number of aryl methyl sites for hydroxylation is 2. The lowest BCUT2D eigenvalue weighted by molar-refractivity contribution is 0.0600. The van der Waals surface area contributed by atoms with Crippen molar-refractivity contribution in [2.24, 2.45) is 0 Å². The van der Waals surface area contributed by atoms with E-state index < -0.39 is 0 Å². The Kier molecular flexibility index (Phi) is 3.57. The third-order valence-corrected chi connectivity index (χ3v) is 4.49. The van der Waals surface area contributed by atoms with Crippen LogP contribution >= 0.6 is 0 Å². The molecule has 25 heavy (non-hydrogen) atoms. The van der Waals surface area contributed by atoms with Gasteiger partial charge in [0.05, 0.1) is 24.1 Å². The molecule has 5 nitrogen and oxygen atoms in total. The van der Waals surface area contributed by atoms with Gasteiger partial charge in [0.15, 0.2) is 0 Å². The summed E-state index contributed by atoms with van der Waals surface area (Å²) in [5.41, 5.74) is 7.09. The molecule has 1 N–H and O–H groups in total. The average Bonchev–Trinajstić information content (AvgIpc) is 3.02. The average molecular weight is 333 g/mol. The van der Waals surface area contributed by atoms with Crippen LogP contribution in [0.15, 0.2) is 48.5 Å². The molecule has 0 aliphatic carbocycles. The SMILES string of the molecule is COC(=O)c1ccc([C@@H]2Nc3ccc(C)cc3-c3cc(C)nn32)cc1. The Morgan fingerprint density at radius 2 is 1.88 bits per heavy atom. The molecular formula is C20H19N3O2. The van der Waals surface area contributed by atoms with Crippen molar-refractivity contribution in [3.63, 3.8) is 0 Å². The Morgan fingerprint density at radius 3 is 2.60 bits per heavy atom. The maximum Gasteiger partial charge on any atom is 0.337 e. The van der Waals surface area contributed by atoms with Crippen molar-refractivity contribution in [1.82, 2.24) is 9.78 Å².